The van der Waals surface area contributed by atoms with Crippen LogP contribution in [-0.2, 0) is 11.2 Å². The number of amides is 1. The zero-order chi connectivity index (χ0) is 18.2. The zero-order valence-electron chi connectivity index (χ0n) is 13.5. The predicted octanol–water partition coefficient (Wildman–Crippen LogP) is 2.39. The fraction of sp³-hybridized carbons (Fsp3) is 0.176. The number of non-ortho nitro benzene ring substituents is 1. The summed E-state index contributed by atoms with van der Waals surface area (Å²) in [5.74, 6) is 0.0128. The number of hydrogen-bond acceptors (Lipinski definition) is 6. The molecular formula is C17H17N3O5. The molecule has 0 aliphatic carbocycles. The molecule has 2 N–H and O–H groups in total. The molecule has 2 aromatic carbocycles. The quantitative estimate of drug-likeness (QED) is 0.455. The van der Waals surface area contributed by atoms with Gasteiger partial charge in [-0.15, -0.1) is 0 Å². The van der Waals surface area contributed by atoms with Gasteiger partial charge in [-0.25, -0.2) is 5.43 Å². The van der Waals surface area contributed by atoms with Crippen LogP contribution < -0.4 is 10.2 Å². The molecule has 0 bridgehead atoms. The van der Waals surface area contributed by atoms with Crippen molar-refractivity contribution in [3.63, 3.8) is 0 Å². The van der Waals surface area contributed by atoms with Gasteiger partial charge in [0, 0.05) is 12.1 Å². The fourth-order valence-corrected chi connectivity index (χ4v) is 2.02. The molecule has 0 radical (unpaired) electrons. The van der Waals surface area contributed by atoms with Gasteiger partial charge in [-0.3, -0.25) is 14.9 Å². The molecule has 25 heavy (non-hydrogen) atoms. The average Bonchev–Trinajstić information content (AvgIpc) is 2.58. The lowest BCUT2D eigenvalue weighted by Gasteiger charge is -2.06. The molecule has 0 saturated carbocycles. The monoisotopic (exact) mass is 343 g/mol. The number of hydrazone groups is 1. The number of nitro groups is 1. The number of carbonyl (C=O) groups excluding carboxylic acids is 1. The molecule has 130 valence electrons. The standard InChI is InChI=1S/C17H17N3O5/c1-2-25-16-9-13(5-8-15(16)21)11-18-19-17(22)10-12-3-6-14(7-4-12)20(23)24/h3-9,11,21H,2,10H2,1H3,(H,19,22)/b18-11+. The van der Waals surface area contributed by atoms with Crippen molar-refractivity contribution in [1.82, 2.24) is 5.43 Å². The zero-order valence-corrected chi connectivity index (χ0v) is 13.5. The van der Waals surface area contributed by atoms with Gasteiger partial charge in [0.2, 0.25) is 5.91 Å². The van der Waals surface area contributed by atoms with E-state index in [9.17, 15) is 20.0 Å². The number of carbonyl (C=O) groups is 1. The van der Waals surface area contributed by atoms with E-state index in [1.165, 1.54) is 36.5 Å². The third-order valence-corrected chi connectivity index (χ3v) is 3.20. The van der Waals surface area contributed by atoms with E-state index in [1.54, 1.807) is 19.1 Å². The first-order valence-corrected chi connectivity index (χ1v) is 7.50. The molecule has 8 nitrogen and oxygen atoms in total. The lowest BCUT2D eigenvalue weighted by Crippen LogP contribution is -2.19. The number of nitrogens with one attached hydrogen (secondary N) is 1. The van der Waals surface area contributed by atoms with Crippen molar-refractivity contribution < 1.29 is 19.6 Å². The summed E-state index contributed by atoms with van der Waals surface area (Å²) in [6.45, 7) is 2.22. The smallest absolute Gasteiger partial charge is 0.269 e. The Morgan fingerprint density at radius 1 is 1.32 bits per heavy atom. The first-order valence-electron chi connectivity index (χ1n) is 7.50. The first kappa shape index (κ1) is 17.9. The molecule has 1 amide bonds. The van der Waals surface area contributed by atoms with Crippen LogP contribution in [0.5, 0.6) is 11.5 Å². The Morgan fingerprint density at radius 2 is 2.04 bits per heavy atom. The number of phenolic OH excluding ortho intramolecular Hbond substituents is 1. The number of rotatable bonds is 7. The lowest BCUT2D eigenvalue weighted by molar-refractivity contribution is -0.384. The Hall–Kier alpha value is -3.42. The van der Waals surface area contributed by atoms with E-state index in [2.05, 4.69) is 10.5 Å². The fourth-order valence-electron chi connectivity index (χ4n) is 2.02. The van der Waals surface area contributed by atoms with Gasteiger partial charge in [-0.2, -0.15) is 5.10 Å². The summed E-state index contributed by atoms with van der Waals surface area (Å²) in [6.07, 6.45) is 1.48. The summed E-state index contributed by atoms with van der Waals surface area (Å²) in [5.41, 5.74) is 3.64. The summed E-state index contributed by atoms with van der Waals surface area (Å²) < 4.78 is 5.26. The first-order chi connectivity index (χ1) is 12.0. The van der Waals surface area contributed by atoms with E-state index in [4.69, 9.17) is 4.74 Å². The Balaban J connectivity index is 1.92. The number of aromatic hydroxyl groups is 1. The van der Waals surface area contributed by atoms with Gasteiger partial charge < -0.3 is 9.84 Å². The summed E-state index contributed by atoms with van der Waals surface area (Å²) >= 11 is 0. The molecule has 0 saturated heterocycles. The van der Waals surface area contributed by atoms with Crippen molar-refractivity contribution in [2.45, 2.75) is 13.3 Å². The second kappa shape index (κ2) is 8.44. The molecule has 0 aromatic heterocycles. The molecule has 0 atom stereocenters. The molecule has 0 unspecified atom stereocenters. The number of ether oxygens (including phenoxy) is 1. The maximum absolute atomic E-state index is 11.8. The minimum Gasteiger partial charge on any atom is -0.504 e. The van der Waals surface area contributed by atoms with E-state index in [0.717, 1.165) is 0 Å². The minimum atomic E-state index is -0.498. The second-order valence-corrected chi connectivity index (χ2v) is 5.05. The third-order valence-electron chi connectivity index (χ3n) is 3.20. The van der Waals surface area contributed by atoms with Gasteiger partial charge in [-0.1, -0.05) is 12.1 Å². The molecule has 0 spiro atoms. The van der Waals surface area contributed by atoms with Crippen LogP contribution in [0.1, 0.15) is 18.1 Å². The van der Waals surface area contributed by atoms with Gasteiger partial charge >= 0.3 is 0 Å². The van der Waals surface area contributed by atoms with E-state index >= 15 is 0 Å². The lowest BCUT2D eigenvalue weighted by atomic mass is 10.1. The Bertz CT molecular complexity index is 787. The maximum atomic E-state index is 11.8. The molecule has 2 rings (SSSR count). The van der Waals surface area contributed by atoms with Gasteiger partial charge in [0.25, 0.3) is 5.69 Å². The molecule has 2 aromatic rings. The average molecular weight is 343 g/mol. The van der Waals surface area contributed by atoms with E-state index in [1.807, 2.05) is 0 Å². The molecule has 0 aliphatic rings. The second-order valence-electron chi connectivity index (χ2n) is 5.05. The highest BCUT2D eigenvalue weighted by Gasteiger charge is 2.07. The van der Waals surface area contributed by atoms with Crippen molar-refractivity contribution in [1.29, 1.82) is 0 Å². The van der Waals surface area contributed by atoms with Crippen LogP contribution in [0.4, 0.5) is 5.69 Å². The Morgan fingerprint density at radius 3 is 2.68 bits per heavy atom. The largest absolute Gasteiger partial charge is 0.504 e. The van der Waals surface area contributed by atoms with Crippen molar-refractivity contribution >= 4 is 17.8 Å². The van der Waals surface area contributed by atoms with E-state index < -0.39 is 4.92 Å². The highest BCUT2D eigenvalue weighted by atomic mass is 16.6. The van der Waals surface area contributed by atoms with E-state index in [0.29, 0.717) is 23.5 Å². The van der Waals surface area contributed by atoms with Crippen LogP contribution in [0.3, 0.4) is 0 Å². The molecular weight excluding hydrogens is 326 g/mol. The normalized spacial score (nSPS) is 10.6. The van der Waals surface area contributed by atoms with Gasteiger partial charge in [0.1, 0.15) is 0 Å². The van der Waals surface area contributed by atoms with Gasteiger partial charge in [-0.05, 0) is 36.2 Å². The summed E-state index contributed by atoms with van der Waals surface area (Å²) in [7, 11) is 0. The predicted molar refractivity (Wildman–Crippen MR) is 91.8 cm³/mol. The number of phenols is 1. The van der Waals surface area contributed by atoms with Crippen LogP contribution in [0.25, 0.3) is 0 Å². The summed E-state index contributed by atoms with van der Waals surface area (Å²) in [5, 5.41) is 24.0. The van der Waals surface area contributed by atoms with Crippen molar-refractivity contribution in [2.75, 3.05) is 6.61 Å². The van der Waals surface area contributed by atoms with Gasteiger partial charge in [0.15, 0.2) is 11.5 Å². The number of hydrogen-bond donors (Lipinski definition) is 2. The third kappa shape index (κ3) is 5.31. The van der Waals surface area contributed by atoms with Crippen LogP contribution in [0.15, 0.2) is 47.6 Å². The van der Waals surface area contributed by atoms with Crippen LogP contribution in [-0.4, -0.2) is 28.8 Å². The Labute approximate surface area is 143 Å². The summed E-state index contributed by atoms with van der Waals surface area (Å²) in [4.78, 5) is 21.9. The Kier molecular flexibility index (Phi) is 6.05. The number of nitrogens with zero attached hydrogens (tertiary/aromatic N) is 2. The van der Waals surface area contributed by atoms with E-state index in [-0.39, 0.29) is 23.8 Å². The molecule has 0 fully saturated rings. The van der Waals surface area contributed by atoms with Gasteiger partial charge in [0.05, 0.1) is 24.2 Å². The maximum Gasteiger partial charge on any atom is 0.269 e. The number of nitro benzene ring substituents is 1. The SMILES string of the molecule is CCOc1cc(/C=N/NC(=O)Cc2ccc([N+](=O)[O-])cc2)ccc1O. The highest BCUT2D eigenvalue weighted by Crippen LogP contribution is 2.26. The summed E-state index contributed by atoms with van der Waals surface area (Å²) in [6, 6.07) is 10.4. The van der Waals surface area contributed by atoms with Crippen LogP contribution >= 0.6 is 0 Å². The number of benzene rings is 2. The molecule has 8 heteroatoms. The highest BCUT2D eigenvalue weighted by molar-refractivity contribution is 5.84. The molecule has 0 heterocycles. The van der Waals surface area contributed by atoms with Crippen molar-refractivity contribution in [3.8, 4) is 11.5 Å². The van der Waals surface area contributed by atoms with Crippen LogP contribution in [0.2, 0.25) is 0 Å². The topological polar surface area (TPSA) is 114 Å². The molecule has 0 aliphatic heterocycles. The van der Waals surface area contributed by atoms with Crippen molar-refractivity contribution in [2.24, 2.45) is 5.10 Å². The minimum absolute atomic E-state index is 0.0281. The van der Waals surface area contributed by atoms with Crippen molar-refractivity contribution in [3.05, 3.63) is 63.7 Å². The van der Waals surface area contributed by atoms with Crippen LogP contribution in [0, 0.1) is 10.1 Å².